The molecule has 2 heterocycles. The first-order valence-electron chi connectivity index (χ1n) is 6.74. The lowest BCUT2D eigenvalue weighted by molar-refractivity contribution is -0.137. The van der Waals surface area contributed by atoms with E-state index in [1.165, 1.54) is 0 Å². The lowest BCUT2D eigenvalue weighted by atomic mass is 10.1. The second-order valence-electron chi connectivity index (χ2n) is 5.03. The number of aromatic nitrogens is 1. The second kappa shape index (κ2) is 5.07. The topological polar surface area (TPSA) is 60.7 Å². The van der Waals surface area contributed by atoms with E-state index in [1.807, 2.05) is 23.7 Å². The fraction of sp³-hybridized carbons (Fsp3) is 0.400. The summed E-state index contributed by atoms with van der Waals surface area (Å²) in [5.74, 6) is 0.802. The highest BCUT2D eigenvalue weighted by molar-refractivity contribution is 5.87. The van der Waals surface area contributed by atoms with E-state index in [-0.39, 0.29) is 6.42 Å². The Labute approximate surface area is 116 Å². The lowest BCUT2D eigenvalue weighted by Gasteiger charge is -2.18. The van der Waals surface area contributed by atoms with Crippen molar-refractivity contribution in [3.8, 4) is 11.5 Å². The maximum atomic E-state index is 10.6. The van der Waals surface area contributed by atoms with Gasteiger partial charge in [0.15, 0.2) is 11.5 Å². The third kappa shape index (κ3) is 2.31. The molecule has 0 spiro atoms. The molecule has 1 aromatic carbocycles. The van der Waals surface area contributed by atoms with E-state index < -0.39 is 5.97 Å². The predicted molar refractivity (Wildman–Crippen MR) is 74.5 cm³/mol. The molecule has 1 aliphatic heterocycles. The summed E-state index contributed by atoms with van der Waals surface area (Å²) in [6.45, 7) is 1.15. The summed E-state index contributed by atoms with van der Waals surface area (Å²) >= 11 is 0. The Morgan fingerprint density at radius 1 is 1.30 bits per heavy atom. The Morgan fingerprint density at radius 2 is 2.00 bits per heavy atom. The number of fused-ring (bicyclic) bond motifs is 2. The van der Waals surface area contributed by atoms with E-state index in [0.717, 1.165) is 34.4 Å². The van der Waals surface area contributed by atoms with Gasteiger partial charge in [-0.1, -0.05) is 0 Å². The molecule has 0 fully saturated rings. The number of hydrogen-bond donors (Lipinski definition) is 1. The number of carbonyl (C=O) groups is 1. The zero-order chi connectivity index (χ0) is 14.1. The summed E-state index contributed by atoms with van der Waals surface area (Å²) in [5.41, 5.74) is 2.24. The second-order valence-corrected chi connectivity index (χ2v) is 5.03. The summed E-state index contributed by atoms with van der Waals surface area (Å²) in [6.07, 6.45) is 3.64. The Bertz CT molecular complexity index is 659. The number of ether oxygens (including phenoxy) is 2. The van der Waals surface area contributed by atoms with Gasteiger partial charge in [0.05, 0.1) is 5.52 Å². The lowest BCUT2D eigenvalue weighted by Crippen LogP contribution is -2.15. The first-order valence-corrected chi connectivity index (χ1v) is 6.74. The molecule has 0 saturated heterocycles. The summed E-state index contributed by atoms with van der Waals surface area (Å²) in [5, 5.41) is 9.84. The van der Waals surface area contributed by atoms with Crippen molar-refractivity contribution < 1.29 is 19.4 Å². The van der Waals surface area contributed by atoms with Crippen molar-refractivity contribution >= 4 is 16.9 Å². The standard InChI is InChI=1S/C15H17NO4/c1-16-9-10(3-2-4-15(17)18)11-7-13-14(8-12(11)16)20-6-5-19-13/h7-9H,2-6H2,1H3,(H,17,18). The number of rotatable bonds is 4. The van der Waals surface area contributed by atoms with Gasteiger partial charge in [0.25, 0.3) is 0 Å². The van der Waals surface area contributed by atoms with E-state index >= 15 is 0 Å². The van der Waals surface area contributed by atoms with E-state index in [9.17, 15) is 4.79 Å². The van der Waals surface area contributed by atoms with Crippen LogP contribution in [0.15, 0.2) is 18.3 Å². The minimum atomic E-state index is -0.751. The molecule has 1 aliphatic rings. The summed E-state index contributed by atoms with van der Waals surface area (Å²) in [4.78, 5) is 10.6. The van der Waals surface area contributed by atoms with Crippen LogP contribution in [-0.2, 0) is 18.3 Å². The van der Waals surface area contributed by atoms with Gasteiger partial charge in [-0.3, -0.25) is 4.79 Å². The van der Waals surface area contributed by atoms with Gasteiger partial charge < -0.3 is 19.1 Å². The van der Waals surface area contributed by atoms with E-state index in [4.69, 9.17) is 14.6 Å². The number of nitrogens with zero attached hydrogens (tertiary/aromatic N) is 1. The van der Waals surface area contributed by atoms with E-state index in [1.54, 1.807) is 0 Å². The van der Waals surface area contributed by atoms with Crippen molar-refractivity contribution in [2.24, 2.45) is 7.05 Å². The molecule has 20 heavy (non-hydrogen) atoms. The van der Waals surface area contributed by atoms with Gasteiger partial charge in [-0.05, 0) is 24.5 Å². The van der Waals surface area contributed by atoms with Crippen molar-refractivity contribution in [1.29, 1.82) is 0 Å². The maximum Gasteiger partial charge on any atom is 0.303 e. The smallest absolute Gasteiger partial charge is 0.303 e. The van der Waals surface area contributed by atoms with Gasteiger partial charge in [-0.15, -0.1) is 0 Å². The summed E-state index contributed by atoms with van der Waals surface area (Å²) in [6, 6.07) is 3.99. The molecule has 0 unspecified atom stereocenters. The minimum absolute atomic E-state index is 0.195. The van der Waals surface area contributed by atoms with Crippen LogP contribution in [0.1, 0.15) is 18.4 Å². The molecule has 2 aromatic rings. The van der Waals surface area contributed by atoms with Crippen LogP contribution in [0, 0.1) is 0 Å². The number of hydrogen-bond acceptors (Lipinski definition) is 3. The molecule has 1 N–H and O–H groups in total. The molecule has 3 rings (SSSR count). The normalized spacial score (nSPS) is 13.7. The van der Waals surface area contributed by atoms with Crippen LogP contribution < -0.4 is 9.47 Å². The molecule has 0 amide bonds. The molecule has 0 atom stereocenters. The molecule has 5 heteroatoms. The third-order valence-corrected chi connectivity index (χ3v) is 3.57. The average molecular weight is 275 g/mol. The van der Waals surface area contributed by atoms with Crippen molar-refractivity contribution in [3.63, 3.8) is 0 Å². The fourth-order valence-electron chi connectivity index (χ4n) is 2.63. The summed E-state index contributed by atoms with van der Waals surface area (Å²) in [7, 11) is 1.99. The highest BCUT2D eigenvalue weighted by atomic mass is 16.6. The van der Waals surface area contributed by atoms with Crippen LogP contribution in [0.5, 0.6) is 11.5 Å². The van der Waals surface area contributed by atoms with Gasteiger partial charge in [-0.25, -0.2) is 0 Å². The van der Waals surface area contributed by atoms with Crippen molar-refractivity contribution in [3.05, 3.63) is 23.9 Å². The molecule has 0 aliphatic carbocycles. The highest BCUT2D eigenvalue weighted by Gasteiger charge is 2.16. The predicted octanol–water partition coefficient (Wildman–Crippen LogP) is 2.36. The molecule has 0 bridgehead atoms. The fourth-order valence-corrected chi connectivity index (χ4v) is 2.63. The third-order valence-electron chi connectivity index (χ3n) is 3.57. The molecular formula is C15H17NO4. The quantitative estimate of drug-likeness (QED) is 0.930. The number of aryl methyl sites for hydroxylation is 2. The van der Waals surface area contributed by atoms with Crippen LogP contribution in [0.25, 0.3) is 10.9 Å². The van der Waals surface area contributed by atoms with Crippen molar-refractivity contribution in [2.45, 2.75) is 19.3 Å². The first kappa shape index (κ1) is 12.8. The Hall–Kier alpha value is -2.17. The van der Waals surface area contributed by atoms with Gasteiger partial charge >= 0.3 is 5.97 Å². The van der Waals surface area contributed by atoms with E-state index in [2.05, 4.69) is 6.20 Å². The van der Waals surface area contributed by atoms with Crippen LogP contribution in [-0.4, -0.2) is 28.9 Å². The molecular weight excluding hydrogens is 258 g/mol. The molecule has 0 radical (unpaired) electrons. The molecule has 106 valence electrons. The highest BCUT2D eigenvalue weighted by Crippen LogP contribution is 2.36. The van der Waals surface area contributed by atoms with Crippen LogP contribution in [0.3, 0.4) is 0 Å². The average Bonchev–Trinajstić information content (AvgIpc) is 2.73. The first-order chi connectivity index (χ1) is 9.65. The van der Waals surface area contributed by atoms with Crippen molar-refractivity contribution in [2.75, 3.05) is 13.2 Å². The molecule has 0 saturated carbocycles. The van der Waals surface area contributed by atoms with Gasteiger partial charge in [-0.2, -0.15) is 0 Å². The van der Waals surface area contributed by atoms with Crippen LogP contribution in [0.2, 0.25) is 0 Å². The van der Waals surface area contributed by atoms with Gasteiger partial charge in [0.2, 0.25) is 0 Å². The SMILES string of the molecule is Cn1cc(CCCC(=O)O)c2cc3c(cc21)OCCO3. The monoisotopic (exact) mass is 275 g/mol. The Kier molecular flexibility index (Phi) is 3.26. The zero-order valence-electron chi connectivity index (χ0n) is 11.4. The molecule has 5 nitrogen and oxygen atoms in total. The molecule has 1 aromatic heterocycles. The largest absolute Gasteiger partial charge is 0.486 e. The Morgan fingerprint density at radius 3 is 2.70 bits per heavy atom. The number of aliphatic carboxylic acids is 1. The van der Waals surface area contributed by atoms with Crippen LogP contribution >= 0.6 is 0 Å². The van der Waals surface area contributed by atoms with E-state index in [0.29, 0.717) is 19.6 Å². The van der Waals surface area contributed by atoms with Gasteiger partial charge in [0.1, 0.15) is 13.2 Å². The number of carboxylic acid groups (broad SMARTS) is 1. The summed E-state index contributed by atoms with van der Waals surface area (Å²) < 4.78 is 13.2. The number of carboxylic acids is 1. The maximum absolute atomic E-state index is 10.6. The minimum Gasteiger partial charge on any atom is -0.486 e. The van der Waals surface area contributed by atoms with Crippen molar-refractivity contribution in [1.82, 2.24) is 4.57 Å². The van der Waals surface area contributed by atoms with Crippen LogP contribution in [0.4, 0.5) is 0 Å². The number of benzene rings is 1. The van der Waals surface area contributed by atoms with Gasteiger partial charge in [0, 0.05) is 31.1 Å². The Balaban J connectivity index is 1.94. The zero-order valence-corrected chi connectivity index (χ0v) is 11.4.